The number of carbonyl (C=O) groups is 2. The molecule has 0 spiro atoms. The lowest BCUT2D eigenvalue weighted by Gasteiger charge is -2.40. The number of fused-ring (bicyclic) bond motifs is 2. The second-order valence-electron chi connectivity index (χ2n) is 22.0. The number of amides is 2. The monoisotopic (exact) mass is 1140 g/mol. The summed E-state index contributed by atoms with van der Waals surface area (Å²) in [6.07, 6.45) is 8.64. The Morgan fingerprint density at radius 2 is 1.04 bits per heavy atom. The summed E-state index contributed by atoms with van der Waals surface area (Å²) in [6, 6.07) is 24.5. The van der Waals surface area contributed by atoms with Crippen LogP contribution in [0.3, 0.4) is 0 Å². The predicted molar refractivity (Wildman–Crippen MR) is 298 cm³/mol. The predicted octanol–water partition coefficient (Wildman–Crippen LogP) is 8.88. The first-order chi connectivity index (χ1) is 39.3. The molecule has 0 aliphatic carbocycles. The minimum absolute atomic E-state index is 0.0786. The average Bonchev–Trinajstić information content (AvgIpc) is 3.31. The van der Waals surface area contributed by atoms with Gasteiger partial charge in [0, 0.05) is 72.0 Å². The van der Waals surface area contributed by atoms with Crippen LogP contribution in [0.2, 0.25) is 0 Å². The van der Waals surface area contributed by atoms with Crippen molar-refractivity contribution in [3.05, 3.63) is 161 Å². The second-order valence-corrected chi connectivity index (χ2v) is 22.0. The highest BCUT2D eigenvalue weighted by Gasteiger charge is 2.34. The van der Waals surface area contributed by atoms with Gasteiger partial charge < -0.3 is 40.5 Å². The lowest BCUT2D eigenvalue weighted by molar-refractivity contribution is 0.0282. The molecule has 8 heterocycles. The Bertz CT molecular complexity index is 3680. The molecule has 18 nitrogen and oxygen atoms in total. The van der Waals surface area contributed by atoms with Crippen molar-refractivity contribution in [2.45, 2.75) is 89.5 Å². The zero-order chi connectivity index (χ0) is 59.9. The Kier molecular flexibility index (Phi) is 18.1. The third-order valence-corrected chi connectivity index (χ3v) is 13.7. The molecule has 8 aromatic rings. The Hall–Kier alpha value is -9.03. The van der Waals surface area contributed by atoms with Crippen molar-refractivity contribution in [2.75, 3.05) is 44.3 Å². The van der Waals surface area contributed by atoms with Crippen LogP contribution in [-0.4, -0.2) is 112 Å². The molecule has 2 aliphatic heterocycles. The first-order valence-electron chi connectivity index (χ1n) is 26.5. The van der Waals surface area contributed by atoms with E-state index in [0.29, 0.717) is 77.1 Å². The largest absolute Gasteiger partial charge is 0.490 e. The molecule has 2 saturated heterocycles. The van der Waals surface area contributed by atoms with E-state index < -0.39 is 74.4 Å². The first kappa shape index (κ1) is 60.1. The summed E-state index contributed by atoms with van der Waals surface area (Å²) < 4.78 is 83.0. The van der Waals surface area contributed by atoms with Crippen LogP contribution >= 0.6 is 0 Å². The van der Waals surface area contributed by atoms with E-state index in [1.165, 1.54) is 36.8 Å². The van der Waals surface area contributed by atoms with E-state index in [1.807, 2.05) is 26.0 Å². The number of anilines is 1. The molecule has 2 aromatic carbocycles. The lowest BCUT2D eigenvalue weighted by atomic mass is 9.89. The maximum Gasteiger partial charge on any atom is 0.257 e. The quantitative estimate of drug-likeness (QED) is 0.0535. The number of hydrogen-bond donors (Lipinski definition) is 5. The SMILES string of the molecule is CC(C)(O)COc1cc(-c2ccc(F)nc2)n2c(C#N)cnc2c1.CC(C)(O)COc1cc(-c2ccc(N3CCC(C)(NC(=O)c4c(F)cccc4F)CC3)nc2)n2c(C#N)cnc2c1.CC1(NC(=O)c2c(F)cccc2F)CCNCC1. The fraction of sp³-hybridized carbons (Fsp3) is 0.333. The highest BCUT2D eigenvalue weighted by Crippen LogP contribution is 2.32. The van der Waals surface area contributed by atoms with Gasteiger partial charge in [0.2, 0.25) is 5.95 Å². The van der Waals surface area contributed by atoms with Gasteiger partial charge in [-0.25, -0.2) is 37.5 Å². The molecular formula is C60H61F5N12O6. The smallest absolute Gasteiger partial charge is 0.257 e. The van der Waals surface area contributed by atoms with Crippen LogP contribution in [0, 0.1) is 51.9 Å². The van der Waals surface area contributed by atoms with Crippen LogP contribution in [0.4, 0.5) is 27.8 Å². The van der Waals surface area contributed by atoms with Gasteiger partial charge in [0.25, 0.3) is 11.8 Å². The zero-order valence-corrected chi connectivity index (χ0v) is 46.4. The van der Waals surface area contributed by atoms with Crippen LogP contribution in [0.1, 0.15) is 99.3 Å². The van der Waals surface area contributed by atoms with E-state index >= 15 is 0 Å². The van der Waals surface area contributed by atoms with Crippen molar-refractivity contribution in [3.8, 4) is 46.2 Å². The molecule has 432 valence electrons. The van der Waals surface area contributed by atoms with Gasteiger partial charge >= 0.3 is 0 Å². The molecule has 2 amide bonds. The fourth-order valence-electron chi connectivity index (χ4n) is 9.26. The van der Waals surface area contributed by atoms with Crippen molar-refractivity contribution < 1.29 is 51.2 Å². The van der Waals surface area contributed by atoms with Gasteiger partial charge in [-0.15, -0.1) is 0 Å². The van der Waals surface area contributed by atoms with Crippen molar-refractivity contribution >= 4 is 28.9 Å². The molecule has 23 heteroatoms. The number of nitrogens with one attached hydrogen (secondary N) is 3. The summed E-state index contributed by atoms with van der Waals surface area (Å²) in [4.78, 5) is 43.5. The van der Waals surface area contributed by atoms with Gasteiger partial charge in [0.1, 0.15) is 99.7 Å². The number of pyridine rings is 4. The van der Waals surface area contributed by atoms with Crippen LogP contribution in [-0.2, 0) is 0 Å². The van der Waals surface area contributed by atoms with Crippen molar-refractivity contribution in [2.24, 2.45) is 0 Å². The van der Waals surface area contributed by atoms with Crippen LogP contribution < -0.4 is 30.3 Å². The number of ether oxygens (including phenoxy) is 2. The molecule has 5 N–H and O–H groups in total. The molecule has 10 rings (SSSR count). The molecular weight excluding hydrogens is 1080 g/mol. The number of benzene rings is 2. The summed E-state index contributed by atoms with van der Waals surface area (Å²) in [5.74, 6) is -3.76. The zero-order valence-electron chi connectivity index (χ0n) is 46.4. The van der Waals surface area contributed by atoms with Gasteiger partial charge in [-0.2, -0.15) is 14.9 Å². The summed E-state index contributed by atoms with van der Waals surface area (Å²) in [5, 5.41) is 47.5. The van der Waals surface area contributed by atoms with Gasteiger partial charge in [0.05, 0.1) is 35.0 Å². The number of hydrogen-bond acceptors (Lipinski definition) is 14. The van der Waals surface area contributed by atoms with Gasteiger partial charge in [-0.05, 0) is 129 Å². The molecule has 0 radical (unpaired) electrons. The number of halogens is 5. The number of nitriles is 2. The van der Waals surface area contributed by atoms with E-state index in [9.17, 15) is 52.3 Å². The van der Waals surface area contributed by atoms with Gasteiger partial charge in [-0.1, -0.05) is 12.1 Å². The Balaban J connectivity index is 0.000000180. The minimum Gasteiger partial charge on any atom is -0.490 e. The number of imidazole rings is 2. The van der Waals surface area contributed by atoms with E-state index in [4.69, 9.17) is 9.47 Å². The fourth-order valence-corrected chi connectivity index (χ4v) is 9.26. The molecule has 0 atom stereocenters. The first-order valence-corrected chi connectivity index (χ1v) is 26.5. The summed E-state index contributed by atoms with van der Waals surface area (Å²) in [6.45, 7) is 13.2. The Labute approximate surface area is 475 Å². The topological polar surface area (TPSA) is 240 Å². The van der Waals surface area contributed by atoms with Crippen molar-refractivity contribution in [1.82, 2.24) is 44.7 Å². The minimum atomic E-state index is -1.02. The number of carbonyl (C=O) groups excluding carboxylic acids is 2. The van der Waals surface area contributed by atoms with E-state index in [0.717, 1.165) is 61.6 Å². The highest BCUT2D eigenvalue weighted by molar-refractivity contribution is 5.96. The van der Waals surface area contributed by atoms with Crippen LogP contribution in [0.15, 0.2) is 110 Å². The third kappa shape index (κ3) is 14.9. The van der Waals surface area contributed by atoms with Crippen molar-refractivity contribution in [1.29, 1.82) is 10.5 Å². The molecule has 0 saturated carbocycles. The van der Waals surface area contributed by atoms with Crippen LogP contribution in [0.5, 0.6) is 11.5 Å². The molecule has 0 unspecified atom stereocenters. The molecule has 0 bridgehead atoms. The maximum atomic E-state index is 14.1. The lowest BCUT2D eigenvalue weighted by Crippen LogP contribution is -2.53. The number of nitrogens with zero attached hydrogens (tertiary/aromatic N) is 9. The standard InChI is InChI=1S/C30H30F2N6O3.C17H15FN4O2.C13H16F2N2O/c1-29(2,40)18-41-21-13-24(38-20(15-33)17-35-26(38)14-21)19-7-8-25(34-16-19)37-11-9-30(3,10-12-37)36-28(39)27-22(31)5-4-6-23(27)32;1-17(2,23)10-24-13-5-14(11-3-4-15(18)20-8-11)22-12(7-19)9-21-16(22)6-13;1-13(5-7-16-8-6-13)17-12(18)11-9(14)3-2-4-10(11)15/h4-8,13-14,16-17,40H,9-12,18H2,1-3H3,(H,36,39);3-6,8-9,23H,10H2,1-2H3;2-4,16H,5-8H2,1H3,(H,17,18). The summed E-state index contributed by atoms with van der Waals surface area (Å²) in [5.41, 5.74) is 0.236. The molecule has 83 heavy (non-hydrogen) atoms. The number of rotatable bonds is 13. The molecule has 2 aliphatic rings. The van der Waals surface area contributed by atoms with Gasteiger partial charge in [-0.3, -0.25) is 18.4 Å². The number of aliphatic hydroxyl groups is 2. The van der Waals surface area contributed by atoms with Crippen molar-refractivity contribution in [3.63, 3.8) is 0 Å². The summed E-state index contributed by atoms with van der Waals surface area (Å²) in [7, 11) is 0. The summed E-state index contributed by atoms with van der Waals surface area (Å²) >= 11 is 0. The average molecular weight is 1140 g/mol. The van der Waals surface area contributed by atoms with Crippen LogP contribution in [0.25, 0.3) is 33.8 Å². The Morgan fingerprint density at radius 3 is 1.42 bits per heavy atom. The van der Waals surface area contributed by atoms with E-state index in [2.05, 4.69) is 52.9 Å². The second kappa shape index (κ2) is 25.0. The number of piperidine rings is 2. The highest BCUT2D eigenvalue weighted by atomic mass is 19.1. The maximum absolute atomic E-state index is 14.1. The van der Waals surface area contributed by atoms with Gasteiger partial charge in [0.15, 0.2) is 0 Å². The third-order valence-electron chi connectivity index (χ3n) is 13.7. The normalized spacial score (nSPS) is 14.7. The number of aromatic nitrogens is 6. The molecule has 2 fully saturated rings. The van der Waals surface area contributed by atoms with E-state index in [-0.39, 0.29) is 13.2 Å². The molecule has 6 aromatic heterocycles. The Morgan fingerprint density at radius 1 is 0.614 bits per heavy atom. The van der Waals surface area contributed by atoms with E-state index in [1.54, 1.807) is 73.0 Å².